The van der Waals surface area contributed by atoms with E-state index in [2.05, 4.69) is 34.7 Å². The van der Waals surface area contributed by atoms with Gasteiger partial charge in [0.05, 0.1) is 0 Å². The lowest BCUT2D eigenvalue weighted by Crippen LogP contribution is -2.24. The molecule has 0 atom stereocenters. The minimum atomic E-state index is 0.680. The predicted octanol–water partition coefficient (Wildman–Crippen LogP) is 3.11. The van der Waals surface area contributed by atoms with E-state index < -0.39 is 0 Å². The topological polar surface area (TPSA) is 37.0 Å². The number of aromatic nitrogens is 1. The Labute approximate surface area is 103 Å². The van der Waals surface area contributed by atoms with Gasteiger partial charge in [-0.25, -0.2) is 4.98 Å². The second kappa shape index (κ2) is 4.55. The molecule has 2 fully saturated rings. The molecule has 0 amide bonds. The van der Waals surface area contributed by atoms with Gasteiger partial charge in [0.2, 0.25) is 0 Å². The van der Waals surface area contributed by atoms with Crippen molar-refractivity contribution < 1.29 is 0 Å². The molecular formula is C14H21N3. The minimum absolute atomic E-state index is 0.680. The van der Waals surface area contributed by atoms with Crippen LogP contribution < -0.4 is 10.6 Å². The van der Waals surface area contributed by atoms with Gasteiger partial charge in [-0.05, 0) is 56.6 Å². The maximum Gasteiger partial charge on any atom is 0.128 e. The van der Waals surface area contributed by atoms with E-state index in [0.717, 1.165) is 30.0 Å². The van der Waals surface area contributed by atoms with E-state index in [-0.39, 0.29) is 0 Å². The first-order valence-corrected chi connectivity index (χ1v) is 6.84. The van der Waals surface area contributed by atoms with Crippen molar-refractivity contribution in [2.75, 3.05) is 17.2 Å². The van der Waals surface area contributed by atoms with Crippen LogP contribution in [-0.4, -0.2) is 17.6 Å². The Morgan fingerprint density at radius 2 is 1.82 bits per heavy atom. The smallest absolute Gasteiger partial charge is 0.128 e. The van der Waals surface area contributed by atoms with Crippen LogP contribution in [0.4, 0.5) is 11.6 Å². The summed E-state index contributed by atoms with van der Waals surface area (Å²) < 4.78 is 0. The van der Waals surface area contributed by atoms with Gasteiger partial charge in [-0.3, -0.25) is 0 Å². The molecule has 0 bridgehead atoms. The third-order valence-corrected chi connectivity index (χ3v) is 3.68. The van der Waals surface area contributed by atoms with Crippen LogP contribution in [-0.2, 0) is 0 Å². The lowest BCUT2D eigenvalue weighted by Gasteiger charge is -2.18. The van der Waals surface area contributed by atoms with Gasteiger partial charge in [0.1, 0.15) is 11.6 Å². The Kier molecular flexibility index (Phi) is 2.91. The quantitative estimate of drug-likeness (QED) is 0.790. The summed E-state index contributed by atoms with van der Waals surface area (Å²) in [5.41, 5.74) is 0. The van der Waals surface area contributed by atoms with E-state index in [0.29, 0.717) is 6.04 Å². The summed E-state index contributed by atoms with van der Waals surface area (Å²) in [5.74, 6) is 3.83. The number of hydrogen-bond donors (Lipinski definition) is 2. The highest BCUT2D eigenvalue weighted by Crippen LogP contribution is 2.45. The second-order valence-corrected chi connectivity index (χ2v) is 5.28. The van der Waals surface area contributed by atoms with Gasteiger partial charge in [-0.15, -0.1) is 0 Å². The van der Waals surface area contributed by atoms with Crippen LogP contribution in [0.3, 0.4) is 0 Å². The first-order valence-electron chi connectivity index (χ1n) is 6.84. The van der Waals surface area contributed by atoms with E-state index in [1.807, 2.05) is 6.07 Å². The molecule has 17 heavy (non-hydrogen) atoms. The van der Waals surface area contributed by atoms with Gasteiger partial charge in [-0.2, -0.15) is 0 Å². The molecule has 0 saturated heterocycles. The molecule has 2 N–H and O–H groups in total. The van der Waals surface area contributed by atoms with Crippen LogP contribution in [0, 0.1) is 11.8 Å². The molecule has 92 valence electrons. The molecule has 0 unspecified atom stereocenters. The Balaban J connectivity index is 1.67. The number of hydrogen-bond acceptors (Lipinski definition) is 3. The standard InChI is InChI=1S/C14H21N3/c1-2-15-12-4-3-5-13(16-12)17-14(10-6-7-10)11-8-9-11/h3-5,10-11,14H,2,6-9H2,1H3,(H2,15,16,17). The average molecular weight is 231 g/mol. The van der Waals surface area contributed by atoms with Crippen molar-refractivity contribution >= 4 is 11.6 Å². The summed E-state index contributed by atoms with van der Waals surface area (Å²) in [6, 6.07) is 6.86. The van der Waals surface area contributed by atoms with E-state index in [4.69, 9.17) is 0 Å². The highest BCUT2D eigenvalue weighted by Gasteiger charge is 2.41. The van der Waals surface area contributed by atoms with Crippen molar-refractivity contribution in [3.8, 4) is 0 Å². The molecule has 3 heteroatoms. The highest BCUT2D eigenvalue weighted by atomic mass is 15.1. The first kappa shape index (κ1) is 10.9. The molecule has 0 aliphatic heterocycles. The zero-order valence-corrected chi connectivity index (χ0v) is 10.4. The van der Waals surface area contributed by atoms with Crippen LogP contribution in [0.25, 0.3) is 0 Å². The van der Waals surface area contributed by atoms with E-state index >= 15 is 0 Å². The zero-order chi connectivity index (χ0) is 11.7. The van der Waals surface area contributed by atoms with Crippen molar-refractivity contribution in [3.63, 3.8) is 0 Å². The summed E-state index contributed by atoms with van der Waals surface area (Å²) in [6.07, 6.45) is 5.62. The molecule has 0 aromatic carbocycles. The van der Waals surface area contributed by atoms with Crippen LogP contribution in [0.15, 0.2) is 18.2 Å². The van der Waals surface area contributed by atoms with Crippen LogP contribution in [0.1, 0.15) is 32.6 Å². The molecule has 1 heterocycles. The Morgan fingerprint density at radius 3 is 2.41 bits per heavy atom. The maximum atomic E-state index is 4.60. The molecule has 2 saturated carbocycles. The van der Waals surface area contributed by atoms with Gasteiger partial charge < -0.3 is 10.6 Å². The number of pyridine rings is 1. The molecule has 2 aliphatic carbocycles. The molecule has 1 aromatic heterocycles. The van der Waals surface area contributed by atoms with Crippen molar-refractivity contribution in [1.82, 2.24) is 4.98 Å². The van der Waals surface area contributed by atoms with Crippen LogP contribution in [0.2, 0.25) is 0 Å². The molecule has 0 radical (unpaired) electrons. The molecule has 1 aromatic rings. The molecule has 2 aliphatic rings. The molecular weight excluding hydrogens is 210 g/mol. The monoisotopic (exact) mass is 231 g/mol. The van der Waals surface area contributed by atoms with Gasteiger partial charge in [-0.1, -0.05) is 6.07 Å². The largest absolute Gasteiger partial charge is 0.370 e. The van der Waals surface area contributed by atoms with Crippen molar-refractivity contribution in [2.24, 2.45) is 11.8 Å². The summed E-state index contributed by atoms with van der Waals surface area (Å²) >= 11 is 0. The summed E-state index contributed by atoms with van der Waals surface area (Å²) in [7, 11) is 0. The van der Waals surface area contributed by atoms with E-state index in [1.165, 1.54) is 25.7 Å². The van der Waals surface area contributed by atoms with Crippen molar-refractivity contribution in [1.29, 1.82) is 0 Å². The highest BCUT2D eigenvalue weighted by molar-refractivity contribution is 5.46. The number of anilines is 2. The third-order valence-electron chi connectivity index (χ3n) is 3.68. The minimum Gasteiger partial charge on any atom is -0.370 e. The van der Waals surface area contributed by atoms with Gasteiger partial charge in [0.15, 0.2) is 0 Å². The molecule has 3 rings (SSSR count). The first-order chi connectivity index (χ1) is 8.36. The Morgan fingerprint density at radius 1 is 1.18 bits per heavy atom. The number of nitrogens with zero attached hydrogens (tertiary/aromatic N) is 1. The predicted molar refractivity (Wildman–Crippen MR) is 71.3 cm³/mol. The second-order valence-electron chi connectivity index (χ2n) is 5.28. The Bertz CT molecular complexity index is 371. The lowest BCUT2D eigenvalue weighted by molar-refractivity contribution is 0.566. The van der Waals surface area contributed by atoms with Gasteiger partial charge >= 0.3 is 0 Å². The van der Waals surface area contributed by atoms with Gasteiger partial charge in [0, 0.05) is 12.6 Å². The Hall–Kier alpha value is -1.25. The zero-order valence-electron chi connectivity index (χ0n) is 10.4. The number of nitrogens with one attached hydrogen (secondary N) is 2. The fourth-order valence-corrected chi connectivity index (χ4v) is 2.50. The summed E-state index contributed by atoms with van der Waals surface area (Å²) in [5, 5.41) is 6.91. The third kappa shape index (κ3) is 2.71. The maximum absolute atomic E-state index is 4.60. The normalized spacial score (nSPS) is 19.4. The molecule has 0 spiro atoms. The van der Waals surface area contributed by atoms with Crippen molar-refractivity contribution in [3.05, 3.63) is 18.2 Å². The summed E-state index contributed by atoms with van der Waals surface area (Å²) in [6.45, 7) is 3.02. The fourth-order valence-electron chi connectivity index (χ4n) is 2.50. The van der Waals surface area contributed by atoms with E-state index in [9.17, 15) is 0 Å². The average Bonchev–Trinajstić information content (AvgIpc) is 3.19. The van der Waals surface area contributed by atoms with Crippen molar-refractivity contribution in [2.45, 2.75) is 38.6 Å². The molecule has 3 nitrogen and oxygen atoms in total. The number of rotatable bonds is 6. The van der Waals surface area contributed by atoms with Crippen LogP contribution >= 0.6 is 0 Å². The fraction of sp³-hybridized carbons (Fsp3) is 0.643. The van der Waals surface area contributed by atoms with E-state index in [1.54, 1.807) is 0 Å². The SMILES string of the molecule is CCNc1cccc(NC(C2CC2)C2CC2)n1. The summed E-state index contributed by atoms with van der Waals surface area (Å²) in [4.78, 5) is 4.60. The lowest BCUT2D eigenvalue weighted by atomic mass is 10.1. The van der Waals surface area contributed by atoms with Crippen LogP contribution in [0.5, 0.6) is 0 Å². The van der Waals surface area contributed by atoms with Gasteiger partial charge in [0.25, 0.3) is 0 Å².